The second-order valence-corrected chi connectivity index (χ2v) is 9.47. The number of nitrogens with zero attached hydrogens (tertiary/aromatic N) is 2. The molecule has 0 bridgehead atoms. The molecule has 0 spiro atoms. The third kappa shape index (κ3) is 5.17. The number of carbonyl (C=O) groups excluding carboxylic acids is 2. The quantitative estimate of drug-likeness (QED) is 0.628. The van der Waals surface area contributed by atoms with Crippen LogP contribution in [0.4, 0.5) is 0 Å². The molecule has 3 atom stereocenters. The van der Waals surface area contributed by atoms with Gasteiger partial charge in [0.15, 0.2) is 6.10 Å². The minimum absolute atomic E-state index is 0.122. The van der Waals surface area contributed by atoms with E-state index in [-0.39, 0.29) is 28.4 Å². The van der Waals surface area contributed by atoms with Crippen molar-refractivity contribution in [1.82, 2.24) is 9.21 Å². The topological polar surface area (TPSA) is 84.0 Å². The molecule has 0 aromatic heterocycles. The Labute approximate surface area is 174 Å². The molecule has 1 saturated heterocycles. The van der Waals surface area contributed by atoms with Gasteiger partial charge in [-0.05, 0) is 64.3 Å². The highest BCUT2D eigenvalue weighted by atomic mass is 32.2. The number of piperidine rings is 1. The minimum atomic E-state index is -3.59. The Morgan fingerprint density at radius 2 is 1.62 bits per heavy atom. The van der Waals surface area contributed by atoms with Crippen molar-refractivity contribution in [3.8, 4) is 0 Å². The average molecular weight is 425 g/mol. The van der Waals surface area contributed by atoms with Crippen LogP contribution in [-0.2, 0) is 19.6 Å². The Kier molecular flexibility index (Phi) is 7.82. The number of esters is 1. The van der Waals surface area contributed by atoms with Gasteiger partial charge in [-0.2, -0.15) is 4.31 Å². The van der Waals surface area contributed by atoms with Crippen molar-refractivity contribution in [1.29, 1.82) is 0 Å². The summed E-state index contributed by atoms with van der Waals surface area (Å²) in [6.45, 7) is 9.89. The summed E-state index contributed by atoms with van der Waals surface area (Å²) < 4.78 is 31.8. The van der Waals surface area contributed by atoms with E-state index in [1.165, 1.54) is 28.6 Å². The zero-order valence-corrected chi connectivity index (χ0v) is 18.7. The van der Waals surface area contributed by atoms with Gasteiger partial charge in [-0.25, -0.2) is 13.2 Å². The normalized spacial score (nSPS) is 21.1. The molecule has 0 aliphatic carbocycles. The predicted octanol–water partition coefficient (Wildman–Crippen LogP) is 3.05. The lowest BCUT2D eigenvalue weighted by Crippen LogP contribution is -2.51. The second-order valence-electron chi connectivity index (χ2n) is 7.54. The van der Waals surface area contributed by atoms with Crippen molar-refractivity contribution in [2.75, 3.05) is 13.1 Å². The fraction of sp³-hybridized carbons (Fsp3) is 0.619. The molecule has 8 heteroatoms. The highest BCUT2D eigenvalue weighted by molar-refractivity contribution is 7.89. The van der Waals surface area contributed by atoms with Crippen molar-refractivity contribution < 1.29 is 22.7 Å². The molecule has 1 heterocycles. The fourth-order valence-electron chi connectivity index (χ4n) is 3.82. The maximum atomic E-state index is 12.8. The van der Waals surface area contributed by atoms with Gasteiger partial charge in [0.25, 0.3) is 5.91 Å². The molecule has 0 saturated carbocycles. The lowest BCUT2D eigenvalue weighted by Gasteiger charge is -2.40. The van der Waals surface area contributed by atoms with Crippen LogP contribution in [0, 0.1) is 0 Å². The molecule has 2 rings (SSSR count). The minimum Gasteiger partial charge on any atom is -0.449 e. The van der Waals surface area contributed by atoms with Crippen LogP contribution in [0.5, 0.6) is 0 Å². The zero-order chi connectivity index (χ0) is 21.8. The molecule has 29 heavy (non-hydrogen) atoms. The van der Waals surface area contributed by atoms with E-state index < -0.39 is 22.1 Å². The summed E-state index contributed by atoms with van der Waals surface area (Å²) in [5.74, 6) is -0.839. The van der Waals surface area contributed by atoms with Crippen molar-refractivity contribution in [3.05, 3.63) is 29.8 Å². The molecule has 1 aliphatic heterocycles. The molecule has 0 radical (unpaired) electrons. The Morgan fingerprint density at radius 3 is 2.10 bits per heavy atom. The maximum Gasteiger partial charge on any atom is 0.338 e. The summed E-state index contributed by atoms with van der Waals surface area (Å²) in [5, 5.41) is 0. The SMILES string of the molecule is CCN(CC)S(=O)(=O)c1ccc(C(=O)O[C@H](C)C(=O)N2[C@@H](C)CCC[C@@H]2C)cc1. The fourth-order valence-corrected chi connectivity index (χ4v) is 5.28. The van der Waals surface area contributed by atoms with Gasteiger partial charge in [0.2, 0.25) is 10.0 Å². The first-order chi connectivity index (χ1) is 13.6. The van der Waals surface area contributed by atoms with Crippen LogP contribution in [0.25, 0.3) is 0 Å². The zero-order valence-electron chi connectivity index (χ0n) is 17.9. The number of carbonyl (C=O) groups is 2. The van der Waals surface area contributed by atoms with Gasteiger partial charge in [0, 0.05) is 25.2 Å². The monoisotopic (exact) mass is 424 g/mol. The molecular weight excluding hydrogens is 392 g/mol. The Morgan fingerprint density at radius 1 is 1.10 bits per heavy atom. The molecule has 1 aromatic carbocycles. The van der Waals surface area contributed by atoms with Crippen LogP contribution in [0.2, 0.25) is 0 Å². The predicted molar refractivity (Wildman–Crippen MR) is 111 cm³/mol. The van der Waals surface area contributed by atoms with Gasteiger partial charge in [0.1, 0.15) is 0 Å². The number of amides is 1. The molecule has 162 valence electrons. The van der Waals surface area contributed by atoms with Gasteiger partial charge in [-0.3, -0.25) is 4.79 Å². The molecule has 1 aromatic rings. The number of hydrogen-bond donors (Lipinski definition) is 0. The van der Waals surface area contributed by atoms with Gasteiger partial charge < -0.3 is 9.64 Å². The van der Waals surface area contributed by atoms with E-state index in [0.717, 1.165) is 19.3 Å². The largest absolute Gasteiger partial charge is 0.449 e. The van der Waals surface area contributed by atoms with Crippen molar-refractivity contribution in [2.24, 2.45) is 0 Å². The van der Waals surface area contributed by atoms with Crippen LogP contribution < -0.4 is 0 Å². The van der Waals surface area contributed by atoms with Gasteiger partial charge >= 0.3 is 5.97 Å². The Bertz CT molecular complexity index is 808. The standard InChI is InChI=1S/C21H32N2O5S/c1-6-22(7-2)29(26,27)19-13-11-18(12-14-19)21(25)28-17(5)20(24)23-15(3)9-8-10-16(23)4/h11-17H,6-10H2,1-5H3/t15-,16-,17+/m0/s1. The smallest absolute Gasteiger partial charge is 0.338 e. The van der Waals surface area contributed by atoms with E-state index in [0.29, 0.717) is 13.1 Å². The summed E-state index contributed by atoms with van der Waals surface area (Å²) >= 11 is 0. The summed E-state index contributed by atoms with van der Waals surface area (Å²) in [6.07, 6.45) is 2.08. The van der Waals surface area contributed by atoms with Gasteiger partial charge in [-0.15, -0.1) is 0 Å². The summed E-state index contributed by atoms with van der Waals surface area (Å²) in [6, 6.07) is 5.87. The molecule has 7 nitrogen and oxygen atoms in total. The molecule has 1 fully saturated rings. The summed E-state index contributed by atoms with van der Waals surface area (Å²) in [4.78, 5) is 27.2. The van der Waals surface area contributed by atoms with Crippen molar-refractivity contribution in [3.63, 3.8) is 0 Å². The highest BCUT2D eigenvalue weighted by Gasteiger charge is 2.33. The lowest BCUT2D eigenvalue weighted by molar-refractivity contribution is -0.146. The first-order valence-electron chi connectivity index (χ1n) is 10.3. The maximum absolute atomic E-state index is 12.8. The van der Waals surface area contributed by atoms with Crippen LogP contribution in [-0.4, -0.2) is 60.8 Å². The molecule has 0 N–H and O–H groups in total. The van der Waals surface area contributed by atoms with E-state index >= 15 is 0 Å². The number of sulfonamides is 1. The number of rotatable bonds is 7. The number of likely N-dealkylation sites (tertiary alicyclic amines) is 1. The number of benzene rings is 1. The van der Waals surface area contributed by atoms with Crippen LogP contribution in [0.3, 0.4) is 0 Å². The van der Waals surface area contributed by atoms with E-state index in [1.807, 2.05) is 13.8 Å². The van der Waals surface area contributed by atoms with Crippen LogP contribution >= 0.6 is 0 Å². The number of hydrogen-bond acceptors (Lipinski definition) is 5. The lowest BCUT2D eigenvalue weighted by atomic mass is 9.97. The summed E-state index contributed by atoms with van der Waals surface area (Å²) in [7, 11) is -3.59. The summed E-state index contributed by atoms with van der Waals surface area (Å²) in [5.41, 5.74) is 0.211. The highest BCUT2D eigenvalue weighted by Crippen LogP contribution is 2.24. The van der Waals surface area contributed by atoms with Crippen molar-refractivity contribution in [2.45, 2.75) is 77.0 Å². The van der Waals surface area contributed by atoms with E-state index in [2.05, 4.69) is 0 Å². The number of ether oxygens (including phenoxy) is 1. The van der Waals surface area contributed by atoms with Crippen LogP contribution in [0.15, 0.2) is 29.2 Å². The molecule has 1 amide bonds. The Hall–Kier alpha value is -1.93. The third-order valence-electron chi connectivity index (χ3n) is 5.51. The molecule has 0 unspecified atom stereocenters. The van der Waals surface area contributed by atoms with E-state index in [4.69, 9.17) is 4.74 Å². The first kappa shape index (κ1) is 23.3. The van der Waals surface area contributed by atoms with E-state index in [1.54, 1.807) is 25.7 Å². The van der Waals surface area contributed by atoms with Crippen LogP contribution in [0.1, 0.15) is 64.2 Å². The third-order valence-corrected chi connectivity index (χ3v) is 7.58. The molecule has 1 aliphatic rings. The second kappa shape index (κ2) is 9.71. The van der Waals surface area contributed by atoms with Crippen molar-refractivity contribution >= 4 is 21.9 Å². The molecular formula is C21H32N2O5S. The van der Waals surface area contributed by atoms with E-state index in [9.17, 15) is 18.0 Å². The van der Waals surface area contributed by atoms with Gasteiger partial charge in [0.05, 0.1) is 10.5 Å². The first-order valence-corrected chi connectivity index (χ1v) is 11.7. The van der Waals surface area contributed by atoms with Gasteiger partial charge in [-0.1, -0.05) is 13.8 Å². The Balaban J connectivity index is 2.08. The average Bonchev–Trinajstić information content (AvgIpc) is 2.68.